The average Bonchev–Trinajstić information content (AvgIpc) is 2.43. The fourth-order valence-corrected chi connectivity index (χ4v) is 4.60. The van der Waals surface area contributed by atoms with Crippen molar-refractivity contribution in [3.63, 3.8) is 0 Å². The minimum atomic E-state index is -1.41. The minimum absolute atomic E-state index is 0.616. The van der Waals surface area contributed by atoms with Crippen LogP contribution in [-0.2, 0) is 6.73 Å². The molecule has 2 heterocycles. The maximum absolute atomic E-state index is 6.14. The third-order valence-electron chi connectivity index (χ3n) is 4.13. The number of pyridine rings is 1. The van der Waals surface area contributed by atoms with Crippen LogP contribution >= 0.6 is 0 Å². The molecule has 0 aliphatic carbocycles. The Kier molecular flexibility index (Phi) is 2.28. The lowest BCUT2D eigenvalue weighted by atomic mass is 10.0. The molecule has 0 bridgehead atoms. The molecule has 0 unspecified atom stereocenters. The zero-order chi connectivity index (χ0) is 13.9. The summed E-state index contributed by atoms with van der Waals surface area (Å²) in [6.45, 7) is 7.75. The fraction of sp³-hybridized carbons (Fsp3) is 0.235. The van der Waals surface area contributed by atoms with E-state index in [0.717, 1.165) is 5.75 Å². The van der Waals surface area contributed by atoms with E-state index in [0.29, 0.717) is 6.73 Å². The molecule has 0 saturated carbocycles. The molecule has 0 spiro atoms. The lowest BCUT2D eigenvalue weighted by molar-refractivity contribution is -0.701. The SMILES string of the molecule is C[Si](C)(C)c1ccc2ccc3ccc[n+]4c3c2c1OC4. The van der Waals surface area contributed by atoms with Gasteiger partial charge < -0.3 is 4.74 Å². The van der Waals surface area contributed by atoms with Gasteiger partial charge in [0.25, 0.3) is 6.73 Å². The minimum Gasteiger partial charge on any atom is -0.435 e. The Morgan fingerprint density at radius 3 is 2.55 bits per heavy atom. The molecule has 3 aromatic rings. The van der Waals surface area contributed by atoms with E-state index in [1.54, 1.807) is 0 Å². The molecule has 2 nitrogen and oxygen atoms in total. The van der Waals surface area contributed by atoms with Crippen LogP contribution in [0.4, 0.5) is 0 Å². The predicted molar refractivity (Wildman–Crippen MR) is 85.3 cm³/mol. The van der Waals surface area contributed by atoms with Gasteiger partial charge in [-0.05, 0) is 22.7 Å². The first kappa shape index (κ1) is 11.9. The Morgan fingerprint density at radius 1 is 1.00 bits per heavy atom. The summed E-state index contributed by atoms with van der Waals surface area (Å²) in [4.78, 5) is 0. The van der Waals surface area contributed by atoms with E-state index < -0.39 is 8.07 Å². The summed E-state index contributed by atoms with van der Waals surface area (Å²) in [5, 5.41) is 5.27. The van der Waals surface area contributed by atoms with Crippen LogP contribution in [0.2, 0.25) is 19.6 Å². The van der Waals surface area contributed by atoms with Crippen LogP contribution in [0.1, 0.15) is 0 Å². The second-order valence-electron chi connectivity index (χ2n) is 6.55. The van der Waals surface area contributed by atoms with Crippen LogP contribution in [0.15, 0.2) is 42.6 Å². The number of hydrogen-bond donors (Lipinski definition) is 0. The lowest BCUT2D eigenvalue weighted by Gasteiger charge is -2.24. The maximum Gasteiger partial charge on any atom is 0.292 e. The van der Waals surface area contributed by atoms with Crippen molar-refractivity contribution >= 4 is 34.9 Å². The first-order valence-corrected chi connectivity index (χ1v) is 10.6. The Balaban J connectivity index is 2.25. The van der Waals surface area contributed by atoms with Gasteiger partial charge in [-0.2, -0.15) is 4.57 Å². The molecule has 0 fully saturated rings. The van der Waals surface area contributed by atoms with E-state index in [1.165, 1.54) is 26.9 Å². The average molecular weight is 280 g/mol. The Morgan fingerprint density at radius 2 is 1.75 bits per heavy atom. The van der Waals surface area contributed by atoms with Gasteiger partial charge in [0.15, 0.2) is 6.20 Å². The van der Waals surface area contributed by atoms with Crippen molar-refractivity contribution in [2.24, 2.45) is 0 Å². The van der Waals surface area contributed by atoms with Crippen LogP contribution in [0.5, 0.6) is 5.75 Å². The number of ether oxygens (including phenoxy) is 1. The third-order valence-corrected chi connectivity index (χ3v) is 6.14. The van der Waals surface area contributed by atoms with Crippen LogP contribution in [0.3, 0.4) is 0 Å². The summed E-state index contributed by atoms with van der Waals surface area (Å²) in [6, 6.07) is 13.2. The highest BCUT2D eigenvalue weighted by molar-refractivity contribution is 6.89. The van der Waals surface area contributed by atoms with E-state index in [2.05, 4.69) is 66.8 Å². The first-order valence-electron chi connectivity index (χ1n) is 7.07. The quantitative estimate of drug-likeness (QED) is 0.379. The third kappa shape index (κ3) is 1.53. The van der Waals surface area contributed by atoms with Gasteiger partial charge in [-0.25, -0.2) is 0 Å². The molecule has 3 heteroatoms. The highest BCUT2D eigenvalue weighted by atomic mass is 28.3. The Hall–Kier alpha value is -1.87. The van der Waals surface area contributed by atoms with Gasteiger partial charge in [0, 0.05) is 11.5 Å². The molecular weight excluding hydrogens is 262 g/mol. The molecule has 1 aromatic heterocycles. The number of rotatable bonds is 1. The summed E-state index contributed by atoms with van der Waals surface area (Å²) in [6.07, 6.45) is 2.10. The fourth-order valence-electron chi connectivity index (χ4n) is 3.14. The molecule has 1 aliphatic heterocycles. The van der Waals surface area contributed by atoms with Gasteiger partial charge in [0.05, 0.1) is 13.5 Å². The first-order chi connectivity index (χ1) is 9.55. The van der Waals surface area contributed by atoms with Gasteiger partial charge in [-0.1, -0.05) is 37.8 Å². The molecule has 0 saturated heterocycles. The molecule has 20 heavy (non-hydrogen) atoms. The molecule has 4 rings (SSSR count). The van der Waals surface area contributed by atoms with E-state index in [4.69, 9.17) is 4.74 Å². The maximum atomic E-state index is 6.14. The number of nitrogens with zero attached hydrogens (tertiary/aromatic N) is 1. The van der Waals surface area contributed by atoms with E-state index in [-0.39, 0.29) is 0 Å². The molecule has 2 aromatic carbocycles. The van der Waals surface area contributed by atoms with Crippen molar-refractivity contribution in [1.82, 2.24) is 0 Å². The number of hydrogen-bond acceptors (Lipinski definition) is 1. The van der Waals surface area contributed by atoms with Crippen LogP contribution in [-0.4, -0.2) is 8.07 Å². The number of benzene rings is 2. The second kappa shape index (κ2) is 3.82. The van der Waals surface area contributed by atoms with Gasteiger partial charge in [0.2, 0.25) is 5.52 Å². The highest BCUT2D eigenvalue weighted by Gasteiger charge is 2.29. The van der Waals surface area contributed by atoms with Gasteiger partial charge in [-0.15, -0.1) is 0 Å². The molecule has 0 amide bonds. The molecule has 1 aliphatic rings. The molecule has 0 radical (unpaired) electrons. The summed E-state index contributed by atoms with van der Waals surface area (Å²) in [5.41, 5.74) is 1.31. The second-order valence-corrected chi connectivity index (χ2v) is 11.6. The highest BCUT2D eigenvalue weighted by Crippen LogP contribution is 2.33. The molecular formula is C17H18NOSi+. The van der Waals surface area contributed by atoms with Crippen molar-refractivity contribution < 1.29 is 9.30 Å². The zero-order valence-electron chi connectivity index (χ0n) is 12.1. The molecule has 0 N–H and O–H groups in total. The monoisotopic (exact) mass is 280 g/mol. The van der Waals surface area contributed by atoms with Crippen molar-refractivity contribution in [1.29, 1.82) is 0 Å². The number of aromatic nitrogens is 1. The van der Waals surface area contributed by atoms with Crippen LogP contribution in [0, 0.1) is 0 Å². The topological polar surface area (TPSA) is 13.1 Å². The van der Waals surface area contributed by atoms with Crippen molar-refractivity contribution in [2.45, 2.75) is 26.4 Å². The van der Waals surface area contributed by atoms with E-state index in [9.17, 15) is 0 Å². The molecule has 0 atom stereocenters. The van der Waals surface area contributed by atoms with Crippen molar-refractivity contribution in [3.05, 3.63) is 42.6 Å². The van der Waals surface area contributed by atoms with Gasteiger partial charge in [-0.3, -0.25) is 0 Å². The van der Waals surface area contributed by atoms with Crippen LogP contribution in [0.25, 0.3) is 21.7 Å². The summed E-state index contributed by atoms with van der Waals surface area (Å²) in [7, 11) is -1.41. The lowest BCUT2D eigenvalue weighted by Crippen LogP contribution is -2.44. The zero-order valence-corrected chi connectivity index (χ0v) is 13.1. The van der Waals surface area contributed by atoms with Gasteiger partial charge in [0.1, 0.15) is 5.75 Å². The molecule has 100 valence electrons. The summed E-state index contributed by atoms with van der Waals surface area (Å²) >= 11 is 0. The normalized spacial score (nSPS) is 13.9. The summed E-state index contributed by atoms with van der Waals surface area (Å²) < 4.78 is 8.35. The van der Waals surface area contributed by atoms with E-state index in [1.807, 2.05) is 0 Å². The standard InChI is InChI=1S/C17H18NOSi/c1-20(2,3)14-9-8-12-6-7-13-5-4-10-18-11-19-17(14)15(12)16(13)18/h4-10H,11H2,1-3H3/q+1. The van der Waals surface area contributed by atoms with Gasteiger partial charge >= 0.3 is 0 Å². The largest absolute Gasteiger partial charge is 0.435 e. The smallest absolute Gasteiger partial charge is 0.292 e. The summed E-state index contributed by atoms with van der Waals surface area (Å²) in [5.74, 6) is 1.12. The van der Waals surface area contributed by atoms with E-state index >= 15 is 0 Å². The Labute approximate surface area is 119 Å². The van der Waals surface area contributed by atoms with Crippen molar-refractivity contribution in [2.75, 3.05) is 0 Å². The van der Waals surface area contributed by atoms with Crippen LogP contribution < -0.4 is 14.5 Å². The predicted octanol–water partition coefficient (Wildman–Crippen LogP) is 3.18. The Bertz CT molecular complexity index is 849. The van der Waals surface area contributed by atoms with Crippen molar-refractivity contribution in [3.8, 4) is 5.75 Å².